The van der Waals surface area contributed by atoms with Crippen LogP contribution in [0, 0.1) is 12.8 Å². The maximum atomic E-state index is 12.7. The van der Waals surface area contributed by atoms with Crippen LogP contribution in [-0.4, -0.2) is 43.8 Å². The quantitative estimate of drug-likeness (QED) is 0.732. The molecule has 3 aromatic heterocycles. The second-order valence-corrected chi connectivity index (χ2v) is 7.31. The van der Waals surface area contributed by atoms with Crippen molar-refractivity contribution < 1.29 is 9.32 Å². The van der Waals surface area contributed by atoms with Gasteiger partial charge in [0, 0.05) is 37.6 Å². The van der Waals surface area contributed by atoms with Crippen molar-refractivity contribution in [1.82, 2.24) is 24.8 Å². The van der Waals surface area contributed by atoms with E-state index in [1.165, 1.54) is 0 Å². The Morgan fingerprint density at radius 1 is 1.43 bits per heavy atom. The molecule has 1 unspecified atom stereocenters. The van der Waals surface area contributed by atoms with Crippen LogP contribution in [0.15, 0.2) is 41.3 Å². The second-order valence-electron chi connectivity index (χ2n) is 7.31. The number of hydrogen-bond acceptors (Lipinski definition) is 6. The lowest BCUT2D eigenvalue weighted by Gasteiger charge is -2.31. The molecule has 0 aromatic carbocycles. The Bertz CT molecular complexity index is 963. The molecule has 1 aliphatic heterocycles. The fourth-order valence-corrected chi connectivity index (χ4v) is 3.55. The summed E-state index contributed by atoms with van der Waals surface area (Å²) in [5, 5.41) is 11.3. The molecule has 1 saturated heterocycles. The Labute approximate surface area is 163 Å². The van der Waals surface area contributed by atoms with Crippen molar-refractivity contribution in [2.45, 2.75) is 26.3 Å². The van der Waals surface area contributed by atoms with Crippen molar-refractivity contribution >= 4 is 11.7 Å². The van der Waals surface area contributed by atoms with Crippen LogP contribution in [0.5, 0.6) is 0 Å². The first-order valence-corrected chi connectivity index (χ1v) is 9.48. The summed E-state index contributed by atoms with van der Waals surface area (Å²) in [6, 6.07) is 5.75. The predicted octanol–water partition coefficient (Wildman–Crippen LogP) is 2.63. The van der Waals surface area contributed by atoms with Gasteiger partial charge in [0.15, 0.2) is 5.76 Å². The zero-order valence-corrected chi connectivity index (χ0v) is 16.1. The van der Waals surface area contributed by atoms with Crippen LogP contribution in [-0.2, 0) is 18.4 Å². The van der Waals surface area contributed by atoms with E-state index in [0.717, 1.165) is 42.0 Å². The molecule has 146 valence electrons. The van der Waals surface area contributed by atoms with Crippen molar-refractivity contribution in [2.24, 2.45) is 13.0 Å². The van der Waals surface area contributed by atoms with Gasteiger partial charge in [-0.1, -0.05) is 11.2 Å². The van der Waals surface area contributed by atoms with Gasteiger partial charge in [0.25, 0.3) is 0 Å². The molecule has 1 aliphatic rings. The first kappa shape index (κ1) is 18.4. The van der Waals surface area contributed by atoms with Crippen molar-refractivity contribution in [3.63, 3.8) is 0 Å². The van der Waals surface area contributed by atoms with Gasteiger partial charge in [-0.25, -0.2) is 4.98 Å². The number of carbonyl (C=O) groups is 1. The molecule has 4 rings (SSSR count). The molecule has 0 aliphatic carbocycles. The summed E-state index contributed by atoms with van der Waals surface area (Å²) in [6.45, 7) is 4.22. The first-order chi connectivity index (χ1) is 13.6. The van der Waals surface area contributed by atoms with Gasteiger partial charge < -0.3 is 9.84 Å². The lowest BCUT2D eigenvalue weighted by molar-refractivity contribution is -0.121. The maximum absolute atomic E-state index is 12.7. The van der Waals surface area contributed by atoms with E-state index < -0.39 is 0 Å². The Morgan fingerprint density at radius 2 is 2.32 bits per heavy atom. The standard InChI is InChI=1S/C20H24N6O2/c1-14-5-3-7-21-19(14)23-20(27)15-6-4-8-26(12-15)13-17-9-18(24-28-17)16-10-22-25(2)11-16/h3,5,7,9-11,15H,4,6,8,12-13H2,1-2H3,(H,21,23,27). The summed E-state index contributed by atoms with van der Waals surface area (Å²) in [6.07, 6.45) is 7.22. The number of nitrogens with zero attached hydrogens (tertiary/aromatic N) is 5. The number of pyridine rings is 1. The van der Waals surface area contributed by atoms with E-state index >= 15 is 0 Å². The van der Waals surface area contributed by atoms with Gasteiger partial charge in [0.2, 0.25) is 5.91 Å². The molecule has 8 heteroatoms. The molecule has 28 heavy (non-hydrogen) atoms. The number of aryl methyl sites for hydroxylation is 2. The SMILES string of the molecule is Cc1cccnc1NC(=O)C1CCCN(Cc2cc(-c3cnn(C)c3)no2)C1. The molecule has 0 bridgehead atoms. The minimum Gasteiger partial charge on any atom is -0.359 e. The van der Waals surface area contributed by atoms with Gasteiger partial charge in [0.05, 0.1) is 18.7 Å². The van der Waals surface area contributed by atoms with Crippen LogP contribution >= 0.6 is 0 Å². The van der Waals surface area contributed by atoms with Crippen LogP contribution < -0.4 is 5.32 Å². The zero-order valence-electron chi connectivity index (χ0n) is 16.1. The monoisotopic (exact) mass is 380 g/mol. The molecule has 0 radical (unpaired) electrons. The Morgan fingerprint density at radius 3 is 3.11 bits per heavy atom. The van der Waals surface area contributed by atoms with Crippen molar-refractivity contribution in [3.8, 4) is 11.3 Å². The van der Waals surface area contributed by atoms with E-state index in [0.29, 0.717) is 18.9 Å². The highest BCUT2D eigenvalue weighted by Gasteiger charge is 2.27. The van der Waals surface area contributed by atoms with Gasteiger partial charge in [-0.3, -0.25) is 14.4 Å². The summed E-state index contributed by atoms with van der Waals surface area (Å²) in [5.41, 5.74) is 2.67. The number of hydrogen-bond donors (Lipinski definition) is 1. The highest BCUT2D eigenvalue weighted by Crippen LogP contribution is 2.23. The van der Waals surface area contributed by atoms with Crippen molar-refractivity contribution in [1.29, 1.82) is 0 Å². The number of anilines is 1. The molecule has 0 spiro atoms. The minimum atomic E-state index is -0.0594. The summed E-state index contributed by atoms with van der Waals surface area (Å²) < 4.78 is 7.24. The van der Waals surface area contributed by atoms with E-state index in [1.54, 1.807) is 17.1 Å². The molecule has 4 heterocycles. The summed E-state index contributed by atoms with van der Waals surface area (Å²) in [7, 11) is 1.87. The molecule has 1 N–H and O–H groups in total. The number of aromatic nitrogens is 4. The number of carbonyl (C=O) groups excluding carboxylic acids is 1. The molecule has 1 fully saturated rings. The lowest BCUT2D eigenvalue weighted by Crippen LogP contribution is -2.40. The summed E-state index contributed by atoms with van der Waals surface area (Å²) in [4.78, 5) is 19.2. The number of likely N-dealkylation sites (tertiary alicyclic amines) is 1. The van der Waals surface area contributed by atoms with E-state index in [4.69, 9.17) is 4.52 Å². The van der Waals surface area contributed by atoms with E-state index in [1.807, 2.05) is 38.4 Å². The van der Waals surface area contributed by atoms with E-state index in [9.17, 15) is 4.79 Å². The first-order valence-electron chi connectivity index (χ1n) is 9.48. The topological polar surface area (TPSA) is 89.1 Å². The molecule has 3 aromatic rings. The largest absolute Gasteiger partial charge is 0.359 e. The van der Waals surface area contributed by atoms with Gasteiger partial charge in [-0.05, 0) is 37.9 Å². The molecule has 8 nitrogen and oxygen atoms in total. The van der Waals surface area contributed by atoms with E-state index in [-0.39, 0.29) is 11.8 Å². The number of piperidine rings is 1. The molecular formula is C20H24N6O2. The van der Waals surface area contributed by atoms with Crippen molar-refractivity contribution in [2.75, 3.05) is 18.4 Å². The highest BCUT2D eigenvalue weighted by atomic mass is 16.5. The normalized spacial score (nSPS) is 17.6. The second kappa shape index (κ2) is 7.93. The summed E-state index contributed by atoms with van der Waals surface area (Å²) in [5.74, 6) is 1.40. The maximum Gasteiger partial charge on any atom is 0.229 e. The molecular weight excluding hydrogens is 356 g/mol. The van der Waals surface area contributed by atoms with Crippen LogP contribution in [0.25, 0.3) is 11.3 Å². The van der Waals surface area contributed by atoms with Crippen LogP contribution in [0.2, 0.25) is 0 Å². The smallest absolute Gasteiger partial charge is 0.229 e. The number of nitrogens with one attached hydrogen (secondary N) is 1. The zero-order chi connectivity index (χ0) is 19.5. The molecule has 0 saturated carbocycles. The van der Waals surface area contributed by atoms with Gasteiger partial charge in [0.1, 0.15) is 11.5 Å². The molecule has 1 amide bonds. The third-order valence-electron chi connectivity index (χ3n) is 5.07. The Hall–Kier alpha value is -3.00. The fourth-order valence-electron chi connectivity index (χ4n) is 3.55. The number of amides is 1. The summed E-state index contributed by atoms with van der Waals surface area (Å²) >= 11 is 0. The molecule has 1 atom stereocenters. The predicted molar refractivity (Wildman–Crippen MR) is 104 cm³/mol. The average Bonchev–Trinajstić information content (AvgIpc) is 3.33. The van der Waals surface area contributed by atoms with Crippen LogP contribution in [0.1, 0.15) is 24.2 Å². The number of rotatable bonds is 5. The highest BCUT2D eigenvalue weighted by molar-refractivity contribution is 5.92. The fraction of sp³-hybridized carbons (Fsp3) is 0.400. The third-order valence-corrected chi connectivity index (χ3v) is 5.07. The Kier molecular flexibility index (Phi) is 5.21. The van der Waals surface area contributed by atoms with Gasteiger partial charge in [-0.15, -0.1) is 0 Å². The minimum absolute atomic E-state index is 0.0279. The Balaban J connectivity index is 1.37. The van der Waals surface area contributed by atoms with Gasteiger partial charge >= 0.3 is 0 Å². The third kappa shape index (κ3) is 4.12. The van der Waals surface area contributed by atoms with Gasteiger partial charge in [-0.2, -0.15) is 5.10 Å². The van der Waals surface area contributed by atoms with Crippen LogP contribution in [0.4, 0.5) is 5.82 Å². The lowest BCUT2D eigenvalue weighted by atomic mass is 9.97. The van der Waals surface area contributed by atoms with Crippen LogP contribution in [0.3, 0.4) is 0 Å². The van der Waals surface area contributed by atoms with Crippen molar-refractivity contribution in [3.05, 3.63) is 48.1 Å². The average molecular weight is 380 g/mol. The van der Waals surface area contributed by atoms with E-state index in [2.05, 4.69) is 25.5 Å².